The van der Waals surface area contributed by atoms with E-state index in [0.29, 0.717) is 10.5 Å². The molecule has 0 aliphatic carbocycles. The Hall–Kier alpha value is -3.08. The van der Waals surface area contributed by atoms with Crippen molar-refractivity contribution in [3.63, 3.8) is 0 Å². The van der Waals surface area contributed by atoms with Crippen LogP contribution in [0.25, 0.3) is 0 Å². The highest BCUT2D eigenvalue weighted by molar-refractivity contribution is 5.94. The third-order valence-electron chi connectivity index (χ3n) is 2.57. The molecule has 0 heterocycles. The maximum absolute atomic E-state index is 11.9. The number of rotatable bonds is 5. The van der Waals surface area contributed by atoms with E-state index in [2.05, 4.69) is 5.32 Å². The van der Waals surface area contributed by atoms with E-state index in [1.165, 1.54) is 6.07 Å². The zero-order valence-electron chi connectivity index (χ0n) is 11.2. The molecule has 3 N–H and O–H groups in total. The molecule has 0 bridgehead atoms. The van der Waals surface area contributed by atoms with Gasteiger partial charge in [-0.1, -0.05) is 12.1 Å². The van der Waals surface area contributed by atoms with Crippen LogP contribution in [-0.2, 0) is 9.59 Å². The van der Waals surface area contributed by atoms with E-state index in [4.69, 9.17) is 15.5 Å². The average molecular weight is 291 g/mol. The van der Waals surface area contributed by atoms with E-state index >= 15 is 0 Å². The summed E-state index contributed by atoms with van der Waals surface area (Å²) in [5, 5.41) is 28.8. The predicted octanol–water partition coefficient (Wildman–Crippen LogP) is 0.870. The summed E-state index contributed by atoms with van der Waals surface area (Å²) in [5.74, 6) is -2.67. The van der Waals surface area contributed by atoms with Crippen LogP contribution in [0.1, 0.15) is 11.1 Å². The first-order valence-corrected chi connectivity index (χ1v) is 5.84. The summed E-state index contributed by atoms with van der Waals surface area (Å²) in [6.45, 7) is 0.165. The number of aryl methyl sites for hydroxylation is 1. The molecular formula is C13H13N3O5. The fraction of sp³-hybridized carbons (Fsp3) is 0.231. The summed E-state index contributed by atoms with van der Waals surface area (Å²) < 4.78 is 0. The van der Waals surface area contributed by atoms with Gasteiger partial charge in [0.05, 0.1) is 11.3 Å². The molecule has 0 unspecified atom stereocenters. The van der Waals surface area contributed by atoms with E-state index in [1.54, 1.807) is 19.1 Å². The van der Waals surface area contributed by atoms with Gasteiger partial charge in [0, 0.05) is 0 Å². The van der Waals surface area contributed by atoms with Crippen LogP contribution >= 0.6 is 0 Å². The summed E-state index contributed by atoms with van der Waals surface area (Å²) in [7, 11) is 0. The van der Waals surface area contributed by atoms with Gasteiger partial charge in [-0.15, -0.1) is 0 Å². The Labute approximate surface area is 120 Å². The molecule has 0 spiro atoms. The summed E-state index contributed by atoms with van der Waals surface area (Å²) in [4.78, 5) is 33.9. The quantitative estimate of drug-likeness (QED) is 0.737. The summed E-state index contributed by atoms with van der Waals surface area (Å²) in [6, 6.07) is 5.79. The van der Waals surface area contributed by atoms with Gasteiger partial charge in [-0.2, -0.15) is 5.26 Å². The third kappa shape index (κ3) is 4.50. The maximum atomic E-state index is 11.9. The normalized spacial score (nSPS) is 9.52. The lowest BCUT2D eigenvalue weighted by molar-refractivity contribution is -0.140. The standard InChI is InChI=1S/C13H13N3O5/c1-8-3-2-4-10(9(8)5-14)15-13(21)16(6-11(17)18)7-12(19)20/h2-4H,6-7H2,1H3,(H,15,21)(H,17,18)(H,19,20). The minimum Gasteiger partial charge on any atom is -0.480 e. The molecule has 1 rings (SSSR count). The van der Waals surface area contributed by atoms with Gasteiger partial charge in [0.2, 0.25) is 0 Å². The van der Waals surface area contributed by atoms with E-state index in [-0.39, 0.29) is 11.3 Å². The van der Waals surface area contributed by atoms with Crippen molar-refractivity contribution in [1.82, 2.24) is 4.90 Å². The number of carboxylic acids is 2. The number of amides is 2. The Morgan fingerprint density at radius 3 is 2.29 bits per heavy atom. The number of carbonyl (C=O) groups excluding carboxylic acids is 1. The van der Waals surface area contributed by atoms with Crippen molar-refractivity contribution in [3.05, 3.63) is 29.3 Å². The van der Waals surface area contributed by atoms with E-state index in [9.17, 15) is 14.4 Å². The highest BCUT2D eigenvalue weighted by Crippen LogP contribution is 2.18. The van der Waals surface area contributed by atoms with E-state index in [0.717, 1.165) is 0 Å². The molecule has 110 valence electrons. The Bertz CT molecular complexity index is 605. The molecule has 8 heteroatoms. The molecule has 0 atom stereocenters. The van der Waals surface area contributed by atoms with Crippen LogP contribution in [0.5, 0.6) is 0 Å². The van der Waals surface area contributed by atoms with Gasteiger partial charge in [0.25, 0.3) is 0 Å². The first-order valence-electron chi connectivity index (χ1n) is 5.84. The van der Waals surface area contributed by atoms with Gasteiger partial charge < -0.3 is 20.4 Å². The fourth-order valence-electron chi connectivity index (χ4n) is 1.64. The van der Waals surface area contributed by atoms with Crippen LogP contribution in [0.15, 0.2) is 18.2 Å². The summed E-state index contributed by atoms with van der Waals surface area (Å²) in [5.41, 5.74) is 1.07. The Balaban J connectivity index is 2.96. The molecule has 1 aromatic carbocycles. The van der Waals surface area contributed by atoms with Crippen LogP contribution in [0.4, 0.5) is 10.5 Å². The molecule has 0 saturated carbocycles. The predicted molar refractivity (Wildman–Crippen MR) is 71.8 cm³/mol. The number of aliphatic carboxylic acids is 2. The zero-order valence-corrected chi connectivity index (χ0v) is 11.2. The number of hydrogen-bond acceptors (Lipinski definition) is 4. The number of nitrogens with zero attached hydrogens (tertiary/aromatic N) is 2. The first kappa shape index (κ1) is 16.0. The van der Waals surface area contributed by atoms with Crippen LogP contribution < -0.4 is 5.32 Å². The first-order chi connectivity index (χ1) is 9.85. The number of nitriles is 1. The smallest absolute Gasteiger partial charge is 0.323 e. The van der Waals surface area contributed by atoms with Crippen LogP contribution in [0, 0.1) is 18.3 Å². The van der Waals surface area contributed by atoms with Crippen molar-refractivity contribution < 1.29 is 24.6 Å². The second-order valence-corrected chi connectivity index (χ2v) is 4.18. The molecule has 0 saturated heterocycles. The molecule has 0 aliphatic heterocycles. The highest BCUT2D eigenvalue weighted by atomic mass is 16.4. The summed E-state index contributed by atoms with van der Waals surface area (Å²) >= 11 is 0. The minimum absolute atomic E-state index is 0.197. The van der Waals surface area contributed by atoms with Gasteiger partial charge in [-0.05, 0) is 18.6 Å². The van der Waals surface area contributed by atoms with Crippen molar-refractivity contribution in [2.45, 2.75) is 6.92 Å². The molecule has 0 fully saturated rings. The lowest BCUT2D eigenvalue weighted by atomic mass is 10.1. The maximum Gasteiger partial charge on any atom is 0.323 e. The molecule has 8 nitrogen and oxygen atoms in total. The number of carbonyl (C=O) groups is 3. The van der Waals surface area contributed by atoms with Crippen molar-refractivity contribution in [1.29, 1.82) is 5.26 Å². The van der Waals surface area contributed by atoms with E-state index < -0.39 is 31.1 Å². The number of benzene rings is 1. The van der Waals surface area contributed by atoms with Crippen molar-refractivity contribution in [3.8, 4) is 6.07 Å². The fourth-order valence-corrected chi connectivity index (χ4v) is 1.64. The van der Waals surface area contributed by atoms with Crippen molar-refractivity contribution in [2.75, 3.05) is 18.4 Å². The number of urea groups is 1. The van der Waals surface area contributed by atoms with Crippen LogP contribution in [-0.4, -0.2) is 46.2 Å². The highest BCUT2D eigenvalue weighted by Gasteiger charge is 2.20. The molecule has 0 aromatic heterocycles. The van der Waals surface area contributed by atoms with Crippen molar-refractivity contribution in [2.24, 2.45) is 0 Å². The Kier molecular flexibility index (Phi) is 5.25. The third-order valence-corrected chi connectivity index (χ3v) is 2.57. The number of nitrogens with one attached hydrogen (secondary N) is 1. The molecule has 1 aromatic rings. The van der Waals surface area contributed by atoms with Crippen molar-refractivity contribution >= 4 is 23.7 Å². The lowest BCUT2D eigenvalue weighted by Crippen LogP contribution is -2.42. The number of hydrogen-bond donors (Lipinski definition) is 3. The summed E-state index contributed by atoms with van der Waals surface area (Å²) in [6.07, 6.45) is 0. The molecule has 0 aliphatic rings. The van der Waals surface area contributed by atoms with Crippen LogP contribution in [0.3, 0.4) is 0 Å². The second kappa shape index (κ2) is 6.91. The molecular weight excluding hydrogens is 278 g/mol. The number of carboxylic acid groups (broad SMARTS) is 2. The minimum atomic E-state index is -1.34. The number of anilines is 1. The molecule has 2 amide bonds. The SMILES string of the molecule is Cc1cccc(NC(=O)N(CC(=O)O)CC(=O)O)c1C#N. The molecule has 21 heavy (non-hydrogen) atoms. The average Bonchev–Trinajstić information content (AvgIpc) is 2.37. The van der Waals surface area contributed by atoms with Gasteiger partial charge in [-0.25, -0.2) is 4.79 Å². The van der Waals surface area contributed by atoms with Gasteiger partial charge in [0.15, 0.2) is 0 Å². The lowest BCUT2D eigenvalue weighted by Gasteiger charge is -2.19. The zero-order chi connectivity index (χ0) is 16.0. The second-order valence-electron chi connectivity index (χ2n) is 4.18. The topological polar surface area (TPSA) is 131 Å². The Morgan fingerprint density at radius 2 is 1.81 bits per heavy atom. The monoisotopic (exact) mass is 291 g/mol. The van der Waals surface area contributed by atoms with E-state index in [1.807, 2.05) is 6.07 Å². The largest absolute Gasteiger partial charge is 0.480 e. The van der Waals surface area contributed by atoms with Gasteiger partial charge in [0.1, 0.15) is 19.2 Å². The molecule has 0 radical (unpaired) electrons. The Morgan fingerprint density at radius 1 is 1.24 bits per heavy atom. The van der Waals surface area contributed by atoms with Crippen LogP contribution in [0.2, 0.25) is 0 Å². The van der Waals surface area contributed by atoms with Gasteiger partial charge in [-0.3, -0.25) is 9.59 Å². The van der Waals surface area contributed by atoms with Gasteiger partial charge >= 0.3 is 18.0 Å².